The lowest BCUT2D eigenvalue weighted by Crippen LogP contribution is -2.60. The molecule has 69 heavy (non-hydrogen) atoms. The lowest BCUT2D eigenvalue weighted by molar-refractivity contribution is -0.302. The summed E-state index contributed by atoms with van der Waals surface area (Å²) in [4.78, 5) is 13.0. The molecule has 1 amide bonds. The average Bonchev–Trinajstić information content (AvgIpc) is 3.35. The van der Waals surface area contributed by atoms with Gasteiger partial charge in [-0.15, -0.1) is 0 Å². The van der Waals surface area contributed by atoms with Crippen LogP contribution in [-0.2, 0) is 14.3 Å². The van der Waals surface area contributed by atoms with E-state index < -0.39 is 49.5 Å². The fourth-order valence-electron chi connectivity index (χ4n) is 10.0. The van der Waals surface area contributed by atoms with Gasteiger partial charge < -0.3 is 40.3 Å². The van der Waals surface area contributed by atoms with Crippen LogP contribution in [0.25, 0.3) is 0 Å². The zero-order valence-electron chi connectivity index (χ0n) is 45.6. The first-order valence-corrected chi connectivity index (χ1v) is 30.4. The van der Waals surface area contributed by atoms with Gasteiger partial charge in [0, 0.05) is 6.42 Å². The number of allylic oxidation sites excluding steroid dienone is 1. The molecular weight excluding hydrogens is 863 g/mol. The Morgan fingerprint density at radius 1 is 0.478 bits per heavy atom. The number of amides is 1. The summed E-state index contributed by atoms with van der Waals surface area (Å²) in [5.41, 5.74) is 0. The number of rotatable bonds is 53. The van der Waals surface area contributed by atoms with E-state index in [4.69, 9.17) is 9.47 Å². The van der Waals surface area contributed by atoms with E-state index in [1.54, 1.807) is 6.08 Å². The highest BCUT2D eigenvalue weighted by molar-refractivity contribution is 5.76. The molecule has 0 spiro atoms. The molecule has 9 heteroatoms. The molecule has 1 rings (SSSR count). The van der Waals surface area contributed by atoms with Crippen molar-refractivity contribution in [1.29, 1.82) is 0 Å². The number of aliphatic hydroxyl groups is 5. The minimum atomic E-state index is -1.56. The lowest BCUT2D eigenvalue weighted by Gasteiger charge is -2.40. The zero-order chi connectivity index (χ0) is 50.1. The van der Waals surface area contributed by atoms with Gasteiger partial charge in [0.25, 0.3) is 0 Å². The molecule has 1 aliphatic rings. The molecule has 0 saturated carbocycles. The maximum atomic E-state index is 13.0. The summed E-state index contributed by atoms with van der Waals surface area (Å²) < 4.78 is 11.2. The van der Waals surface area contributed by atoms with Gasteiger partial charge in [-0.3, -0.25) is 4.79 Å². The van der Waals surface area contributed by atoms with Crippen LogP contribution in [0.5, 0.6) is 0 Å². The molecule has 2 unspecified atom stereocenters. The van der Waals surface area contributed by atoms with Crippen LogP contribution in [0.1, 0.15) is 309 Å². The Labute approximate surface area is 426 Å². The fourth-order valence-corrected chi connectivity index (χ4v) is 10.0. The summed E-state index contributed by atoms with van der Waals surface area (Å²) in [6.45, 7) is 3.78. The van der Waals surface area contributed by atoms with Crippen LogP contribution in [0.15, 0.2) is 12.2 Å². The van der Waals surface area contributed by atoms with Gasteiger partial charge in [-0.25, -0.2) is 0 Å². The first-order valence-electron chi connectivity index (χ1n) is 30.4. The first-order chi connectivity index (χ1) is 33.8. The molecule has 6 N–H and O–H groups in total. The van der Waals surface area contributed by atoms with E-state index >= 15 is 0 Å². The second kappa shape index (κ2) is 50.5. The summed E-state index contributed by atoms with van der Waals surface area (Å²) in [5, 5.41) is 54.3. The van der Waals surface area contributed by atoms with Gasteiger partial charge in [0.15, 0.2) is 6.29 Å². The number of unbranched alkanes of at least 4 members (excludes halogenated alkanes) is 43. The number of aliphatic hydroxyl groups excluding tert-OH is 5. The Morgan fingerprint density at radius 2 is 0.797 bits per heavy atom. The third-order valence-corrected chi connectivity index (χ3v) is 14.9. The Balaban J connectivity index is 2.01. The molecule has 0 aliphatic carbocycles. The molecule has 0 radical (unpaired) electrons. The van der Waals surface area contributed by atoms with Crippen molar-refractivity contribution in [2.24, 2.45) is 0 Å². The summed E-state index contributed by atoms with van der Waals surface area (Å²) in [5.74, 6) is -0.172. The van der Waals surface area contributed by atoms with Gasteiger partial charge >= 0.3 is 0 Å². The van der Waals surface area contributed by atoms with Gasteiger partial charge in [-0.1, -0.05) is 296 Å². The third-order valence-electron chi connectivity index (χ3n) is 14.9. The largest absolute Gasteiger partial charge is 0.394 e. The first kappa shape index (κ1) is 65.9. The number of carbonyl (C=O) groups is 1. The van der Waals surface area contributed by atoms with Crippen molar-refractivity contribution in [3.05, 3.63) is 12.2 Å². The number of hydrogen-bond acceptors (Lipinski definition) is 8. The fraction of sp³-hybridized carbons (Fsp3) is 0.950. The third kappa shape index (κ3) is 40.1. The van der Waals surface area contributed by atoms with Gasteiger partial charge in [0.2, 0.25) is 5.91 Å². The van der Waals surface area contributed by atoms with Gasteiger partial charge in [-0.2, -0.15) is 0 Å². The maximum absolute atomic E-state index is 13.0. The highest BCUT2D eigenvalue weighted by atomic mass is 16.7. The highest BCUT2D eigenvalue weighted by Gasteiger charge is 2.44. The molecule has 0 aromatic rings. The highest BCUT2D eigenvalue weighted by Crippen LogP contribution is 2.23. The molecule has 1 aliphatic heterocycles. The molecular formula is C60H117NO8. The molecule has 410 valence electrons. The molecule has 1 saturated heterocycles. The van der Waals surface area contributed by atoms with Crippen LogP contribution in [0.3, 0.4) is 0 Å². The second-order valence-corrected chi connectivity index (χ2v) is 21.5. The standard InChI is InChI=1S/C60H117NO8/c1-3-5-7-9-11-13-15-16-17-18-19-20-21-22-23-24-25-26-27-28-29-30-31-32-33-34-35-36-37-38-39-40-42-44-46-48-50-56(64)61-53(52-68-60-59(67)58(66)57(65)55(51-62)69-60)54(63)49-47-45-43-41-14-12-10-8-6-4-2/h47,49,53-55,57-60,62-63,65-67H,3-46,48,50-52H2,1-2H3,(H,61,64)/b49-47+/t53-,54+,55+,57+,58?,59?,60+/m0/s1. The maximum Gasteiger partial charge on any atom is 0.220 e. The summed E-state index contributed by atoms with van der Waals surface area (Å²) in [6.07, 6.45) is 56.2. The van der Waals surface area contributed by atoms with Crippen LogP contribution in [0.4, 0.5) is 0 Å². The van der Waals surface area contributed by atoms with Gasteiger partial charge in [0.1, 0.15) is 24.4 Å². The van der Waals surface area contributed by atoms with E-state index in [0.29, 0.717) is 6.42 Å². The summed E-state index contributed by atoms with van der Waals surface area (Å²) in [7, 11) is 0. The molecule has 7 atom stereocenters. The van der Waals surface area contributed by atoms with E-state index in [1.807, 2.05) is 6.08 Å². The topological polar surface area (TPSA) is 149 Å². The second-order valence-electron chi connectivity index (χ2n) is 21.5. The molecule has 0 bridgehead atoms. The van der Waals surface area contributed by atoms with Gasteiger partial charge in [-0.05, 0) is 19.3 Å². The van der Waals surface area contributed by atoms with Crippen molar-refractivity contribution >= 4 is 5.91 Å². The predicted octanol–water partition coefficient (Wildman–Crippen LogP) is 15.2. The number of carbonyl (C=O) groups excluding carboxylic acids is 1. The zero-order valence-corrected chi connectivity index (χ0v) is 45.6. The van der Waals surface area contributed by atoms with Crippen LogP contribution in [-0.4, -0.2) is 87.5 Å². The Morgan fingerprint density at radius 3 is 1.13 bits per heavy atom. The van der Waals surface area contributed by atoms with E-state index in [9.17, 15) is 30.3 Å². The molecule has 0 aromatic carbocycles. The number of ether oxygens (including phenoxy) is 2. The quantitative estimate of drug-likeness (QED) is 0.0261. The van der Waals surface area contributed by atoms with Crippen LogP contribution in [0, 0.1) is 0 Å². The van der Waals surface area contributed by atoms with Crippen molar-refractivity contribution in [3.63, 3.8) is 0 Å². The molecule has 1 heterocycles. The minimum absolute atomic E-state index is 0.172. The van der Waals surface area contributed by atoms with Crippen molar-refractivity contribution in [2.75, 3.05) is 13.2 Å². The average molecular weight is 981 g/mol. The molecule has 9 nitrogen and oxygen atoms in total. The SMILES string of the molecule is CCCCCCCCCC/C=C/[C@@H](O)[C@H](CO[C@@H]1O[C@H](CO)[C@@H](O)C(O)C1O)NC(=O)CCCCCCCCCCCCCCCCCCCCCCCCCCCCCCCCCCCCCC. The van der Waals surface area contributed by atoms with Crippen molar-refractivity contribution in [1.82, 2.24) is 5.32 Å². The Kier molecular flexibility index (Phi) is 48.2. The molecule has 1 fully saturated rings. The lowest BCUT2D eigenvalue weighted by atomic mass is 9.99. The summed E-state index contributed by atoms with van der Waals surface area (Å²) in [6, 6.07) is -0.799. The minimum Gasteiger partial charge on any atom is -0.394 e. The smallest absolute Gasteiger partial charge is 0.220 e. The van der Waals surface area contributed by atoms with Gasteiger partial charge in [0.05, 0.1) is 25.4 Å². The van der Waals surface area contributed by atoms with E-state index in [-0.39, 0.29) is 12.5 Å². The normalized spacial score (nSPS) is 19.4. The van der Waals surface area contributed by atoms with Crippen molar-refractivity contribution in [3.8, 4) is 0 Å². The predicted molar refractivity (Wildman–Crippen MR) is 291 cm³/mol. The van der Waals surface area contributed by atoms with E-state index in [0.717, 1.165) is 38.5 Å². The van der Waals surface area contributed by atoms with E-state index in [2.05, 4.69) is 19.2 Å². The van der Waals surface area contributed by atoms with Crippen molar-refractivity contribution in [2.45, 2.75) is 352 Å². The number of nitrogens with one attached hydrogen (secondary N) is 1. The molecule has 0 aromatic heterocycles. The summed E-state index contributed by atoms with van der Waals surface area (Å²) >= 11 is 0. The van der Waals surface area contributed by atoms with E-state index in [1.165, 1.54) is 250 Å². The number of hydrogen-bond donors (Lipinski definition) is 6. The Hall–Kier alpha value is -1.07. The van der Waals surface area contributed by atoms with Crippen LogP contribution >= 0.6 is 0 Å². The Bertz CT molecular complexity index is 1090. The monoisotopic (exact) mass is 980 g/mol. The van der Waals surface area contributed by atoms with Crippen molar-refractivity contribution < 1.29 is 39.8 Å². The van der Waals surface area contributed by atoms with Crippen LogP contribution < -0.4 is 5.32 Å². The van der Waals surface area contributed by atoms with Crippen LogP contribution in [0.2, 0.25) is 0 Å².